The molecule has 0 N–H and O–H groups in total. The van der Waals surface area contributed by atoms with E-state index in [1.807, 2.05) is 0 Å². The van der Waals surface area contributed by atoms with E-state index in [0.29, 0.717) is 24.4 Å². The third kappa shape index (κ3) is 11.6. The molecule has 2 saturated heterocycles. The molecule has 7 heteroatoms. The average molecular weight is 348 g/mol. The number of carboxylic acid groups (broad SMARTS) is 2. The molecule has 2 heterocycles. The Balaban J connectivity index is 0.000000363. The van der Waals surface area contributed by atoms with Gasteiger partial charge >= 0.3 is 0 Å². The molecule has 0 aromatic heterocycles. The van der Waals surface area contributed by atoms with Crippen molar-refractivity contribution >= 4 is 6.16 Å². The van der Waals surface area contributed by atoms with E-state index in [1.54, 1.807) is 0 Å². The molecule has 4 unspecified atom stereocenters. The lowest BCUT2D eigenvalue weighted by atomic mass is 10.2. The highest BCUT2D eigenvalue weighted by Crippen LogP contribution is 2.14. The van der Waals surface area contributed by atoms with E-state index in [-0.39, 0.29) is 0 Å². The molecule has 0 aliphatic carbocycles. The van der Waals surface area contributed by atoms with Gasteiger partial charge < -0.3 is 33.4 Å². The highest BCUT2D eigenvalue weighted by atomic mass is 16.6. The maximum atomic E-state index is 8.33. The standard InChI is InChI=1S/2C8H18NO.CH2O3/c2*1-7-5-9(3,4)6-8(2)10-7;2-1(3)4/h2*7-8H,5-6H2,1-4H3;(H2,2,3,4)/q2*+1;/p-2. The number of hydrogen-bond donors (Lipinski definition) is 0. The van der Waals surface area contributed by atoms with Crippen LogP contribution in [0.15, 0.2) is 0 Å². The third-order valence-electron chi connectivity index (χ3n) is 3.93. The first-order valence-electron chi connectivity index (χ1n) is 8.55. The summed E-state index contributed by atoms with van der Waals surface area (Å²) in [5, 5.41) is 16.7. The average Bonchev–Trinajstić information content (AvgIpc) is 2.20. The number of nitrogens with zero attached hydrogens (tertiary/aromatic N) is 2. The Morgan fingerprint density at radius 3 is 1.00 bits per heavy atom. The number of morpholine rings is 2. The lowest BCUT2D eigenvalue weighted by Gasteiger charge is -2.40. The molecule has 2 rings (SSSR count). The van der Waals surface area contributed by atoms with Gasteiger partial charge in [0.15, 0.2) is 0 Å². The maximum absolute atomic E-state index is 8.33. The second-order valence-electron chi connectivity index (χ2n) is 8.37. The minimum Gasteiger partial charge on any atom is -0.652 e. The molecule has 0 amide bonds. The Morgan fingerprint density at radius 1 is 0.708 bits per heavy atom. The summed E-state index contributed by atoms with van der Waals surface area (Å²) < 4.78 is 13.4. The molecule has 0 aromatic carbocycles. The molecular formula is C17H36N2O5. The largest absolute Gasteiger partial charge is 0.652 e. The fourth-order valence-corrected chi connectivity index (χ4v) is 3.90. The lowest BCUT2D eigenvalue weighted by Crippen LogP contribution is -2.54. The van der Waals surface area contributed by atoms with Crippen LogP contribution in [0.1, 0.15) is 27.7 Å². The van der Waals surface area contributed by atoms with Gasteiger partial charge in [-0.25, -0.2) is 0 Å². The molecule has 24 heavy (non-hydrogen) atoms. The first-order valence-corrected chi connectivity index (χ1v) is 8.55. The summed E-state index contributed by atoms with van der Waals surface area (Å²) in [5.74, 6) is 0. The number of ether oxygens (including phenoxy) is 2. The van der Waals surface area contributed by atoms with Crippen LogP contribution in [0.25, 0.3) is 0 Å². The first-order chi connectivity index (χ1) is 10.7. The molecule has 7 nitrogen and oxygen atoms in total. The van der Waals surface area contributed by atoms with Crippen LogP contribution in [0, 0.1) is 0 Å². The molecule has 0 saturated carbocycles. The van der Waals surface area contributed by atoms with Gasteiger partial charge in [-0.05, 0) is 33.9 Å². The van der Waals surface area contributed by atoms with Crippen LogP contribution in [-0.4, -0.2) is 93.9 Å². The minimum atomic E-state index is -2.33. The zero-order chi connectivity index (χ0) is 19.1. The molecule has 2 aliphatic heterocycles. The van der Waals surface area contributed by atoms with E-state index >= 15 is 0 Å². The lowest BCUT2D eigenvalue weighted by molar-refractivity contribution is -0.905. The highest BCUT2D eigenvalue weighted by molar-refractivity contribution is 5.47. The summed E-state index contributed by atoms with van der Waals surface area (Å²) in [5.41, 5.74) is 0. The number of carbonyl (C=O) groups is 1. The van der Waals surface area contributed by atoms with Crippen LogP contribution in [-0.2, 0) is 9.47 Å². The summed E-state index contributed by atoms with van der Waals surface area (Å²) in [6.07, 6.45) is -0.616. The molecular weight excluding hydrogens is 312 g/mol. The van der Waals surface area contributed by atoms with Crippen molar-refractivity contribution in [2.45, 2.75) is 52.1 Å². The third-order valence-corrected chi connectivity index (χ3v) is 3.93. The number of likely N-dealkylation sites (N-methyl/N-ethyl adjacent to an activating group) is 2. The van der Waals surface area contributed by atoms with Gasteiger partial charge in [-0.15, -0.1) is 0 Å². The van der Waals surface area contributed by atoms with Crippen LogP contribution >= 0.6 is 0 Å². The number of rotatable bonds is 0. The van der Waals surface area contributed by atoms with E-state index in [1.165, 1.54) is 0 Å². The normalized spacial score (nSPS) is 34.0. The molecule has 4 atom stereocenters. The Labute approximate surface area is 146 Å². The van der Waals surface area contributed by atoms with E-state index in [9.17, 15) is 0 Å². The molecule has 2 fully saturated rings. The monoisotopic (exact) mass is 348 g/mol. The summed E-state index contributed by atoms with van der Waals surface area (Å²) in [7, 11) is 9.04. The molecule has 0 radical (unpaired) electrons. The van der Waals surface area contributed by atoms with E-state index in [2.05, 4.69) is 55.9 Å². The van der Waals surface area contributed by atoms with Crippen molar-refractivity contribution in [2.75, 3.05) is 54.4 Å². The number of quaternary nitrogens is 2. The smallest absolute Gasteiger partial charge is 0.105 e. The molecule has 0 spiro atoms. The molecule has 2 aliphatic rings. The van der Waals surface area contributed by atoms with Gasteiger partial charge in [0, 0.05) is 0 Å². The van der Waals surface area contributed by atoms with Crippen LogP contribution in [0.4, 0.5) is 4.79 Å². The zero-order valence-electron chi connectivity index (χ0n) is 16.6. The second-order valence-corrected chi connectivity index (χ2v) is 8.37. The van der Waals surface area contributed by atoms with Gasteiger partial charge in [0.25, 0.3) is 0 Å². The van der Waals surface area contributed by atoms with Gasteiger partial charge in [-0.2, -0.15) is 0 Å². The van der Waals surface area contributed by atoms with Crippen LogP contribution in [0.3, 0.4) is 0 Å². The Hall–Kier alpha value is -0.890. The number of carbonyl (C=O) groups excluding carboxylic acids is 1. The van der Waals surface area contributed by atoms with Crippen molar-refractivity contribution in [3.8, 4) is 0 Å². The summed E-state index contributed by atoms with van der Waals surface area (Å²) in [6, 6.07) is 0. The van der Waals surface area contributed by atoms with Crippen molar-refractivity contribution < 1.29 is 33.4 Å². The Kier molecular flexibility index (Phi) is 9.20. The summed E-state index contributed by atoms with van der Waals surface area (Å²) in [6.45, 7) is 13.2. The van der Waals surface area contributed by atoms with E-state index < -0.39 is 6.16 Å². The predicted molar refractivity (Wildman–Crippen MR) is 89.1 cm³/mol. The second kappa shape index (κ2) is 9.56. The van der Waals surface area contributed by atoms with Gasteiger partial charge in [-0.3, -0.25) is 0 Å². The quantitative estimate of drug-likeness (QED) is 0.540. The molecule has 0 aromatic rings. The first kappa shape index (κ1) is 23.1. The van der Waals surface area contributed by atoms with Crippen LogP contribution in [0.5, 0.6) is 0 Å². The molecule has 0 bridgehead atoms. The minimum absolute atomic E-state index is 0.429. The van der Waals surface area contributed by atoms with E-state index in [0.717, 1.165) is 35.1 Å². The van der Waals surface area contributed by atoms with Crippen molar-refractivity contribution in [3.05, 3.63) is 0 Å². The van der Waals surface area contributed by atoms with Crippen molar-refractivity contribution in [3.63, 3.8) is 0 Å². The van der Waals surface area contributed by atoms with Crippen LogP contribution in [0.2, 0.25) is 0 Å². The van der Waals surface area contributed by atoms with Crippen molar-refractivity contribution in [1.82, 2.24) is 0 Å². The fourth-order valence-electron chi connectivity index (χ4n) is 3.90. The van der Waals surface area contributed by atoms with E-state index in [4.69, 9.17) is 24.5 Å². The van der Waals surface area contributed by atoms with Gasteiger partial charge in [0.1, 0.15) is 50.6 Å². The fraction of sp³-hybridized carbons (Fsp3) is 0.941. The van der Waals surface area contributed by atoms with Crippen molar-refractivity contribution in [2.24, 2.45) is 0 Å². The van der Waals surface area contributed by atoms with Gasteiger partial charge in [-0.1, -0.05) is 0 Å². The predicted octanol–water partition coefficient (Wildman–Crippen LogP) is -0.707. The highest BCUT2D eigenvalue weighted by Gasteiger charge is 2.30. The van der Waals surface area contributed by atoms with Crippen LogP contribution < -0.4 is 10.2 Å². The SMILES string of the molecule is CC1C[N+](C)(C)CC(C)O1.CC1C[N+](C)(C)CC(C)O1.O=C([O-])[O-]. The Morgan fingerprint density at radius 2 is 0.875 bits per heavy atom. The van der Waals surface area contributed by atoms with Gasteiger partial charge in [0.05, 0.1) is 28.2 Å². The maximum Gasteiger partial charge on any atom is 0.105 e. The summed E-state index contributed by atoms with van der Waals surface area (Å²) >= 11 is 0. The zero-order valence-corrected chi connectivity index (χ0v) is 16.6. The Bertz CT molecular complexity index is 329. The molecule has 144 valence electrons. The number of hydrogen-bond acceptors (Lipinski definition) is 5. The van der Waals surface area contributed by atoms with Crippen molar-refractivity contribution in [1.29, 1.82) is 0 Å². The topological polar surface area (TPSA) is 81.7 Å². The summed E-state index contributed by atoms with van der Waals surface area (Å²) in [4.78, 5) is 8.33. The van der Waals surface area contributed by atoms with Gasteiger partial charge in [0.2, 0.25) is 0 Å².